The molecule has 11 heteroatoms. The van der Waals surface area contributed by atoms with Crippen LogP contribution < -0.4 is 9.21 Å². The van der Waals surface area contributed by atoms with Crippen molar-refractivity contribution in [2.75, 3.05) is 22.3 Å². The van der Waals surface area contributed by atoms with Gasteiger partial charge in [-0.05, 0) is 61.4 Å². The summed E-state index contributed by atoms with van der Waals surface area (Å²) in [4.78, 5) is 27.0. The zero-order valence-corrected chi connectivity index (χ0v) is 21.7. The number of para-hydroxylation sites is 1. The molecule has 1 heterocycles. The fraction of sp³-hybridized carbons (Fsp3) is 0.214. The van der Waals surface area contributed by atoms with Gasteiger partial charge in [-0.15, -0.1) is 6.58 Å². The lowest BCUT2D eigenvalue weighted by Crippen LogP contribution is -2.39. The summed E-state index contributed by atoms with van der Waals surface area (Å²) in [5, 5.41) is 0. The number of halogens is 3. The van der Waals surface area contributed by atoms with Crippen molar-refractivity contribution in [2.45, 2.75) is 30.5 Å². The van der Waals surface area contributed by atoms with E-state index in [1.165, 1.54) is 42.2 Å². The Bertz CT molecular complexity index is 1520. The molecule has 0 aromatic heterocycles. The number of rotatable bonds is 8. The van der Waals surface area contributed by atoms with Crippen LogP contribution in [0.15, 0.2) is 90.3 Å². The average Bonchev–Trinajstić information content (AvgIpc) is 3.35. The highest BCUT2D eigenvalue weighted by molar-refractivity contribution is 7.92. The first-order valence-electron chi connectivity index (χ1n) is 11.9. The van der Waals surface area contributed by atoms with E-state index in [0.717, 1.165) is 39.8 Å². The highest BCUT2D eigenvalue weighted by Gasteiger charge is 2.33. The van der Waals surface area contributed by atoms with Crippen molar-refractivity contribution in [1.29, 1.82) is 0 Å². The van der Waals surface area contributed by atoms with Crippen LogP contribution in [0.5, 0.6) is 0 Å². The summed E-state index contributed by atoms with van der Waals surface area (Å²) in [6, 6.07) is 16.2. The van der Waals surface area contributed by atoms with Gasteiger partial charge in [0.2, 0.25) is 0 Å². The molecule has 0 saturated carbocycles. The number of anilines is 2. The largest absolute Gasteiger partial charge is 0.449 e. The van der Waals surface area contributed by atoms with Crippen LogP contribution in [0.2, 0.25) is 0 Å². The van der Waals surface area contributed by atoms with E-state index in [1.54, 1.807) is 0 Å². The Kier molecular flexibility index (Phi) is 7.82. The summed E-state index contributed by atoms with van der Waals surface area (Å²) < 4.78 is 72.8. The Labute approximate surface area is 224 Å². The first-order chi connectivity index (χ1) is 18.4. The minimum atomic E-state index is -4.67. The van der Waals surface area contributed by atoms with Crippen LogP contribution in [0.4, 0.5) is 24.5 Å². The van der Waals surface area contributed by atoms with Crippen molar-refractivity contribution in [1.82, 2.24) is 0 Å². The van der Waals surface area contributed by atoms with Crippen molar-refractivity contribution in [3.05, 3.63) is 102 Å². The Morgan fingerprint density at radius 2 is 1.79 bits per heavy atom. The average molecular weight is 559 g/mol. The molecule has 0 saturated heterocycles. The Balaban J connectivity index is 1.56. The van der Waals surface area contributed by atoms with Crippen LogP contribution in [0.3, 0.4) is 0 Å². The van der Waals surface area contributed by atoms with E-state index in [4.69, 9.17) is 4.74 Å². The number of esters is 1. The standard InChI is InChI=1S/C28H25F3N2O5S/c1-3-15-33(23-11-7-10-22(18-23)28(29,30)31)39(36,37)24-12-6-9-21(17-24)27(35)38-19(2)26(34)32-16-14-20-8-4-5-13-25(20)32/h3-13,17-19H,1,14-16H2,2H3. The zero-order valence-electron chi connectivity index (χ0n) is 20.9. The summed E-state index contributed by atoms with van der Waals surface area (Å²) in [7, 11) is -4.41. The maximum atomic E-state index is 13.5. The number of sulfonamides is 1. The van der Waals surface area contributed by atoms with Gasteiger partial charge in [-0.25, -0.2) is 13.2 Å². The van der Waals surface area contributed by atoms with Crippen LogP contribution in [0.25, 0.3) is 0 Å². The molecule has 3 aromatic carbocycles. The fourth-order valence-corrected chi connectivity index (χ4v) is 5.75. The summed E-state index contributed by atoms with van der Waals surface area (Å²) in [5.74, 6) is -1.34. The van der Waals surface area contributed by atoms with Gasteiger partial charge in [0.15, 0.2) is 6.10 Å². The Hall–Kier alpha value is -4.12. The van der Waals surface area contributed by atoms with Crippen LogP contribution in [-0.4, -0.2) is 39.5 Å². The lowest BCUT2D eigenvalue weighted by atomic mass is 10.2. The molecule has 1 atom stereocenters. The summed E-state index contributed by atoms with van der Waals surface area (Å²) in [6.45, 7) is 5.07. The number of amides is 1. The van der Waals surface area contributed by atoms with E-state index in [0.29, 0.717) is 13.0 Å². The van der Waals surface area contributed by atoms with Gasteiger partial charge < -0.3 is 9.64 Å². The quantitative estimate of drug-likeness (QED) is 0.280. The number of hydrogen-bond donors (Lipinski definition) is 0. The van der Waals surface area contributed by atoms with Crippen molar-refractivity contribution in [3.63, 3.8) is 0 Å². The van der Waals surface area contributed by atoms with E-state index < -0.39 is 39.7 Å². The molecule has 0 spiro atoms. The molecule has 0 N–H and O–H groups in total. The zero-order chi connectivity index (χ0) is 28.4. The summed E-state index contributed by atoms with van der Waals surface area (Å²) in [6.07, 6.45) is -3.91. The number of benzene rings is 3. The van der Waals surface area contributed by atoms with Gasteiger partial charge in [-0.3, -0.25) is 9.10 Å². The highest BCUT2D eigenvalue weighted by atomic mass is 32.2. The lowest BCUT2D eigenvalue weighted by Gasteiger charge is -2.24. The molecular weight excluding hydrogens is 533 g/mol. The third-order valence-electron chi connectivity index (χ3n) is 6.20. The van der Waals surface area contributed by atoms with Crippen molar-refractivity contribution >= 4 is 33.3 Å². The summed E-state index contributed by atoms with van der Waals surface area (Å²) >= 11 is 0. The van der Waals surface area contributed by atoms with Crippen molar-refractivity contribution < 1.29 is 35.9 Å². The monoisotopic (exact) mass is 558 g/mol. The van der Waals surface area contributed by atoms with Crippen LogP contribution >= 0.6 is 0 Å². The molecule has 0 aliphatic carbocycles. The minimum Gasteiger partial charge on any atom is -0.449 e. The topological polar surface area (TPSA) is 84.0 Å². The Morgan fingerprint density at radius 3 is 2.51 bits per heavy atom. The molecule has 0 fully saturated rings. The molecule has 204 valence electrons. The van der Waals surface area contributed by atoms with E-state index in [2.05, 4.69) is 6.58 Å². The molecule has 7 nitrogen and oxygen atoms in total. The molecule has 1 aliphatic heterocycles. The predicted octanol–water partition coefficient (Wildman–Crippen LogP) is 5.22. The molecule has 0 radical (unpaired) electrons. The van der Waals surface area contributed by atoms with Gasteiger partial charge in [0.25, 0.3) is 15.9 Å². The number of ether oxygens (including phenoxy) is 1. The Morgan fingerprint density at radius 1 is 1.08 bits per heavy atom. The number of carbonyl (C=O) groups excluding carboxylic acids is 2. The second-order valence-electron chi connectivity index (χ2n) is 8.82. The molecule has 0 bridgehead atoms. The van der Waals surface area contributed by atoms with Gasteiger partial charge in [0.1, 0.15) is 0 Å². The highest BCUT2D eigenvalue weighted by Crippen LogP contribution is 2.33. The van der Waals surface area contributed by atoms with Crippen molar-refractivity contribution in [3.8, 4) is 0 Å². The van der Waals surface area contributed by atoms with Gasteiger partial charge in [-0.1, -0.05) is 36.4 Å². The number of hydrogen-bond acceptors (Lipinski definition) is 5. The maximum Gasteiger partial charge on any atom is 0.416 e. The van der Waals surface area contributed by atoms with Gasteiger partial charge >= 0.3 is 12.1 Å². The number of nitrogens with zero attached hydrogens (tertiary/aromatic N) is 2. The number of fused-ring (bicyclic) bond motifs is 1. The van der Waals surface area contributed by atoms with E-state index >= 15 is 0 Å². The molecule has 39 heavy (non-hydrogen) atoms. The summed E-state index contributed by atoms with van der Waals surface area (Å²) in [5.41, 5.74) is 0.381. The van der Waals surface area contributed by atoms with E-state index in [9.17, 15) is 31.2 Å². The second kappa shape index (κ2) is 10.9. The fourth-order valence-electron chi connectivity index (χ4n) is 4.27. The van der Waals surface area contributed by atoms with E-state index in [1.807, 2.05) is 24.3 Å². The molecule has 1 unspecified atom stereocenters. The maximum absolute atomic E-state index is 13.5. The first kappa shape index (κ1) is 27.9. The normalized spacial score (nSPS) is 13.9. The first-order valence-corrected chi connectivity index (χ1v) is 13.4. The third kappa shape index (κ3) is 5.83. The van der Waals surface area contributed by atoms with Crippen molar-refractivity contribution in [2.24, 2.45) is 0 Å². The predicted molar refractivity (Wildman–Crippen MR) is 140 cm³/mol. The third-order valence-corrected chi connectivity index (χ3v) is 7.99. The van der Waals surface area contributed by atoms with Crippen LogP contribution in [-0.2, 0) is 32.2 Å². The van der Waals surface area contributed by atoms with Gasteiger partial charge in [0, 0.05) is 12.2 Å². The van der Waals surface area contributed by atoms with Crippen LogP contribution in [0, 0.1) is 0 Å². The second-order valence-corrected chi connectivity index (χ2v) is 10.7. The smallest absolute Gasteiger partial charge is 0.416 e. The molecule has 3 aromatic rings. The molecule has 1 amide bonds. The SMILES string of the molecule is C=CCN(c1cccc(C(F)(F)F)c1)S(=O)(=O)c1cccc(C(=O)OC(C)C(=O)N2CCc3ccccc32)c1. The minimum absolute atomic E-state index is 0.139. The lowest BCUT2D eigenvalue weighted by molar-refractivity contribution is -0.137. The van der Waals surface area contributed by atoms with Gasteiger partial charge in [0.05, 0.1) is 28.3 Å². The van der Waals surface area contributed by atoms with Crippen LogP contribution in [0.1, 0.15) is 28.4 Å². The molecule has 1 aliphatic rings. The number of alkyl halides is 3. The molecular formula is C28H25F3N2O5S. The van der Waals surface area contributed by atoms with Gasteiger partial charge in [-0.2, -0.15) is 13.2 Å². The number of carbonyl (C=O) groups is 2. The van der Waals surface area contributed by atoms with E-state index in [-0.39, 0.29) is 22.7 Å². The molecule has 4 rings (SSSR count).